The number of rotatable bonds is 4. The zero-order valence-electron chi connectivity index (χ0n) is 12.4. The number of hydrogen-bond acceptors (Lipinski definition) is 5. The monoisotopic (exact) mass is 275 g/mol. The second-order valence-corrected chi connectivity index (χ2v) is 5.91. The molecule has 1 N–H and O–H groups in total. The molecule has 2 unspecified atom stereocenters. The normalized spacial score (nSPS) is 24.6. The summed E-state index contributed by atoms with van der Waals surface area (Å²) in [6, 6.07) is 0.342. The van der Waals surface area contributed by atoms with Crippen LogP contribution in [-0.2, 0) is 4.74 Å². The van der Waals surface area contributed by atoms with Crippen molar-refractivity contribution in [1.29, 1.82) is 0 Å². The predicted octanol–water partition coefficient (Wildman–Crippen LogP) is 2.05. The van der Waals surface area contributed by atoms with E-state index >= 15 is 0 Å². The molecule has 0 aromatic carbocycles. The molecule has 108 valence electrons. The Balaban J connectivity index is 1.81. The van der Waals surface area contributed by atoms with E-state index in [4.69, 9.17) is 4.74 Å². The van der Waals surface area contributed by atoms with Crippen LogP contribution in [-0.4, -0.2) is 38.3 Å². The first-order valence-corrected chi connectivity index (χ1v) is 7.08. The van der Waals surface area contributed by atoms with Gasteiger partial charge in [0.1, 0.15) is 5.82 Å². The topological polar surface area (TPSA) is 64.3 Å². The lowest BCUT2D eigenvalue weighted by Crippen LogP contribution is -2.58. The van der Waals surface area contributed by atoms with Crippen LogP contribution in [0.3, 0.4) is 0 Å². The highest BCUT2D eigenvalue weighted by Gasteiger charge is 2.49. The van der Waals surface area contributed by atoms with Crippen molar-refractivity contribution in [2.24, 2.45) is 5.41 Å². The maximum absolute atomic E-state index is 5.76. The maximum Gasteiger partial charge on any atom is 0.203 e. The van der Waals surface area contributed by atoms with Crippen molar-refractivity contribution < 1.29 is 4.74 Å². The van der Waals surface area contributed by atoms with Crippen LogP contribution in [0.2, 0.25) is 0 Å². The van der Waals surface area contributed by atoms with Crippen LogP contribution in [0.5, 0.6) is 0 Å². The summed E-state index contributed by atoms with van der Waals surface area (Å²) in [6.07, 6.45) is 4.96. The Morgan fingerprint density at radius 3 is 2.95 bits per heavy atom. The van der Waals surface area contributed by atoms with Crippen LogP contribution in [0.1, 0.15) is 33.0 Å². The van der Waals surface area contributed by atoms with E-state index in [2.05, 4.69) is 34.3 Å². The molecule has 6 nitrogen and oxygen atoms in total. The van der Waals surface area contributed by atoms with Gasteiger partial charge in [-0.15, -0.1) is 10.2 Å². The highest BCUT2D eigenvalue weighted by molar-refractivity contribution is 5.62. The first-order chi connectivity index (χ1) is 9.54. The van der Waals surface area contributed by atoms with E-state index in [-0.39, 0.29) is 5.41 Å². The number of hydrogen-bond donors (Lipinski definition) is 1. The minimum absolute atomic E-state index is 0.0968. The van der Waals surface area contributed by atoms with Crippen molar-refractivity contribution in [2.75, 3.05) is 11.9 Å². The average molecular weight is 275 g/mol. The minimum atomic E-state index is 0.0968. The molecule has 1 fully saturated rings. The molecule has 1 aliphatic rings. The van der Waals surface area contributed by atoms with Crippen LogP contribution >= 0.6 is 0 Å². The molecule has 2 aromatic heterocycles. The van der Waals surface area contributed by atoms with Crippen LogP contribution in [0.4, 0.5) is 5.82 Å². The Morgan fingerprint density at radius 2 is 2.25 bits per heavy atom. The predicted molar refractivity (Wildman–Crippen MR) is 76.7 cm³/mol. The summed E-state index contributed by atoms with van der Waals surface area (Å²) in [5.74, 6) is 1.66. The van der Waals surface area contributed by atoms with E-state index in [9.17, 15) is 0 Å². The lowest BCUT2D eigenvalue weighted by molar-refractivity contribution is -0.0976. The van der Waals surface area contributed by atoms with Gasteiger partial charge in [-0.1, -0.05) is 13.8 Å². The third-order valence-electron chi connectivity index (χ3n) is 4.35. The van der Waals surface area contributed by atoms with Gasteiger partial charge >= 0.3 is 0 Å². The smallest absolute Gasteiger partial charge is 0.203 e. The third-order valence-corrected chi connectivity index (χ3v) is 4.35. The van der Waals surface area contributed by atoms with Gasteiger partial charge in [-0.25, -0.2) is 4.98 Å². The zero-order valence-corrected chi connectivity index (χ0v) is 12.4. The van der Waals surface area contributed by atoms with Gasteiger partial charge in [0.05, 0.1) is 6.10 Å². The second-order valence-electron chi connectivity index (χ2n) is 5.91. The molecule has 6 heteroatoms. The molecule has 0 aliphatic heterocycles. The van der Waals surface area contributed by atoms with Crippen LogP contribution in [0.25, 0.3) is 5.65 Å². The van der Waals surface area contributed by atoms with Gasteiger partial charge in [0.25, 0.3) is 0 Å². The standard InChI is InChI=1S/C14H21N5O/c1-5-20-11-8-10(14(11,3)4)16-12-13-18-17-9(2)19(13)7-6-15-12/h6-7,10-11H,5,8H2,1-4H3,(H,15,16). The van der Waals surface area contributed by atoms with Crippen molar-refractivity contribution in [3.8, 4) is 0 Å². The molecule has 1 aliphatic carbocycles. The quantitative estimate of drug-likeness (QED) is 0.925. The fourth-order valence-corrected chi connectivity index (χ4v) is 2.82. The highest BCUT2D eigenvalue weighted by Crippen LogP contribution is 2.44. The number of aromatic nitrogens is 4. The fourth-order valence-electron chi connectivity index (χ4n) is 2.82. The van der Waals surface area contributed by atoms with E-state index in [0.717, 1.165) is 30.3 Å². The van der Waals surface area contributed by atoms with Crippen molar-refractivity contribution in [2.45, 2.75) is 46.3 Å². The minimum Gasteiger partial charge on any atom is -0.378 e. The summed E-state index contributed by atoms with van der Waals surface area (Å²) in [4.78, 5) is 4.40. The molecule has 3 rings (SSSR count). The van der Waals surface area contributed by atoms with Gasteiger partial charge in [-0.3, -0.25) is 4.40 Å². The molecule has 0 amide bonds. The molecular formula is C14H21N5O. The Kier molecular flexibility index (Phi) is 3.12. The average Bonchev–Trinajstić information content (AvgIpc) is 2.80. The maximum atomic E-state index is 5.76. The van der Waals surface area contributed by atoms with Gasteiger partial charge in [0.15, 0.2) is 5.82 Å². The van der Waals surface area contributed by atoms with Crippen LogP contribution in [0, 0.1) is 12.3 Å². The Bertz CT molecular complexity index is 621. The molecular weight excluding hydrogens is 254 g/mol. The van der Waals surface area contributed by atoms with E-state index in [0.29, 0.717) is 12.1 Å². The molecule has 1 saturated carbocycles. The van der Waals surface area contributed by atoms with Gasteiger partial charge in [0.2, 0.25) is 5.65 Å². The number of ether oxygens (including phenoxy) is 1. The van der Waals surface area contributed by atoms with Crippen LogP contribution in [0.15, 0.2) is 12.4 Å². The molecule has 0 bridgehead atoms. The summed E-state index contributed by atoms with van der Waals surface area (Å²) >= 11 is 0. The summed E-state index contributed by atoms with van der Waals surface area (Å²) in [5, 5.41) is 11.8. The van der Waals surface area contributed by atoms with E-state index < -0.39 is 0 Å². The summed E-state index contributed by atoms with van der Waals surface area (Å²) in [5.41, 5.74) is 0.875. The van der Waals surface area contributed by atoms with Crippen molar-refractivity contribution >= 4 is 11.5 Å². The van der Waals surface area contributed by atoms with Gasteiger partial charge in [-0.2, -0.15) is 0 Å². The SMILES string of the molecule is CCOC1CC(Nc2nccn3c(C)nnc23)C1(C)C. The molecule has 2 heterocycles. The highest BCUT2D eigenvalue weighted by atomic mass is 16.5. The number of fused-ring (bicyclic) bond motifs is 1. The zero-order chi connectivity index (χ0) is 14.3. The molecule has 0 radical (unpaired) electrons. The Labute approximate surface area is 118 Å². The summed E-state index contributed by atoms with van der Waals surface area (Å²) in [7, 11) is 0. The van der Waals surface area contributed by atoms with Gasteiger partial charge < -0.3 is 10.1 Å². The second kappa shape index (κ2) is 4.70. The van der Waals surface area contributed by atoms with Gasteiger partial charge in [-0.05, 0) is 20.3 Å². The number of nitrogens with zero attached hydrogens (tertiary/aromatic N) is 4. The third kappa shape index (κ3) is 1.95. The number of nitrogens with one attached hydrogen (secondary N) is 1. The Hall–Kier alpha value is -1.69. The molecule has 2 aromatic rings. The first kappa shape index (κ1) is 13.3. The lowest BCUT2D eigenvalue weighted by Gasteiger charge is -2.51. The number of aryl methyl sites for hydroxylation is 1. The number of anilines is 1. The Morgan fingerprint density at radius 1 is 1.45 bits per heavy atom. The first-order valence-electron chi connectivity index (χ1n) is 7.08. The molecule has 0 saturated heterocycles. The molecule has 2 atom stereocenters. The molecule has 0 spiro atoms. The summed E-state index contributed by atoms with van der Waals surface area (Å²) in [6.45, 7) is 9.19. The van der Waals surface area contributed by atoms with E-state index in [1.165, 1.54) is 0 Å². The van der Waals surface area contributed by atoms with Crippen molar-refractivity contribution in [3.05, 3.63) is 18.2 Å². The lowest BCUT2D eigenvalue weighted by atomic mass is 9.64. The van der Waals surface area contributed by atoms with Crippen molar-refractivity contribution in [3.63, 3.8) is 0 Å². The van der Waals surface area contributed by atoms with Crippen LogP contribution < -0.4 is 5.32 Å². The summed E-state index contributed by atoms with van der Waals surface area (Å²) < 4.78 is 7.70. The fraction of sp³-hybridized carbons (Fsp3) is 0.643. The van der Waals surface area contributed by atoms with Crippen molar-refractivity contribution in [1.82, 2.24) is 19.6 Å². The largest absolute Gasteiger partial charge is 0.378 e. The van der Waals surface area contributed by atoms with E-state index in [1.54, 1.807) is 6.20 Å². The van der Waals surface area contributed by atoms with Gasteiger partial charge in [0, 0.05) is 30.5 Å². The van der Waals surface area contributed by atoms with E-state index in [1.807, 2.05) is 24.4 Å². The molecule has 20 heavy (non-hydrogen) atoms.